The molecule has 0 unspecified atom stereocenters. The monoisotopic (exact) mass is 344 g/mol. The maximum atomic E-state index is 2.23. The van der Waals surface area contributed by atoms with E-state index in [9.17, 15) is 0 Å². The van der Waals surface area contributed by atoms with Crippen LogP contribution in [0.3, 0.4) is 0 Å². The average molecular weight is 343 g/mol. The van der Waals surface area contributed by atoms with E-state index in [4.69, 9.17) is 0 Å². The van der Waals surface area contributed by atoms with Gasteiger partial charge in [0.05, 0.1) is 0 Å². The molecule has 0 bridgehead atoms. The molecule has 1 aromatic rings. The van der Waals surface area contributed by atoms with Crippen LogP contribution in [-0.4, -0.2) is 27.3 Å². The molecule has 0 spiro atoms. The number of aryl methyl sites for hydroxylation is 1. The van der Waals surface area contributed by atoms with Gasteiger partial charge in [0.1, 0.15) is 0 Å². The quantitative estimate of drug-likeness (QED) is 0.738. The first-order valence-electron chi connectivity index (χ1n) is 3.97. The van der Waals surface area contributed by atoms with Gasteiger partial charge in [-0.25, -0.2) is 0 Å². The minimum atomic E-state index is 0. The Balaban J connectivity index is 0.000001000. The Morgan fingerprint density at radius 3 is 2.27 bits per heavy atom. The third-order valence-corrected chi connectivity index (χ3v) is 1.66. The molecule has 1 heteroatoms. The first kappa shape index (κ1) is 11.1. The summed E-state index contributed by atoms with van der Waals surface area (Å²) in [6.07, 6.45) is 3.83. The summed E-state index contributed by atoms with van der Waals surface area (Å²) in [5, 5.41) is 0. The molecule has 0 saturated heterocycles. The van der Waals surface area contributed by atoms with Gasteiger partial charge in [0, 0.05) is 0 Å². The summed E-state index contributed by atoms with van der Waals surface area (Å²) < 4.78 is 0. The van der Waals surface area contributed by atoms with Gasteiger partial charge in [-0.15, -0.1) is 0 Å². The van der Waals surface area contributed by atoms with Crippen LogP contribution in [0.15, 0.2) is 30.3 Å². The third-order valence-electron chi connectivity index (χ3n) is 1.66. The zero-order valence-electron chi connectivity index (χ0n) is 7.22. The van der Waals surface area contributed by atoms with E-state index in [2.05, 4.69) is 37.3 Å². The molecule has 0 saturated carbocycles. The summed E-state index contributed by atoms with van der Waals surface area (Å²) in [4.78, 5) is 0. The number of hydrogen-bond donors (Lipinski definition) is 0. The number of rotatable bonds is 3. The van der Waals surface area contributed by atoms with Crippen molar-refractivity contribution in [2.45, 2.75) is 26.2 Å². The molecule has 1 rings (SSSR count). The van der Waals surface area contributed by atoms with Crippen molar-refractivity contribution in [3.63, 3.8) is 0 Å². The Hall–Kier alpha value is 0.142. The second-order valence-electron chi connectivity index (χ2n) is 2.59. The van der Waals surface area contributed by atoms with Crippen LogP contribution in [0.4, 0.5) is 0 Å². The topological polar surface area (TPSA) is 0 Å². The van der Waals surface area contributed by atoms with E-state index in [0.29, 0.717) is 0 Å². The zero-order valence-corrected chi connectivity index (χ0v) is 12.7. The molecule has 0 aromatic heterocycles. The molecular formula is C10H16Pb. The summed E-state index contributed by atoms with van der Waals surface area (Å²) in [6, 6.07) is 10.6. The summed E-state index contributed by atoms with van der Waals surface area (Å²) in [6.45, 7) is 2.23. The molecule has 0 heterocycles. The van der Waals surface area contributed by atoms with Gasteiger partial charge in [-0.2, -0.15) is 0 Å². The standard InChI is InChI=1S/C10H14.Pb.2H/c1-2-3-7-10-8-5-4-6-9-10;;;/h4-6,8-9H,2-3,7H2,1H3;;;. The van der Waals surface area contributed by atoms with Gasteiger partial charge in [-0.1, -0.05) is 43.7 Å². The zero-order chi connectivity index (χ0) is 7.23. The van der Waals surface area contributed by atoms with Gasteiger partial charge in [0.25, 0.3) is 0 Å². The van der Waals surface area contributed by atoms with E-state index in [-0.39, 0.29) is 27.3 Å². The van der Waals surface area contributed by atoms with Gasteiger partial charge in [-0.3, -0.25) is 0 Å². The second kappa shape index (κ2) is 6.83. The Kier molecular flexibility index (Phi) is 6.92. The first-order valence-corrected chi connectivity index (χ1v) is 3.97. The fraction of sp³-hybridized carbons (Fsp3) is 0.400. The van der Waals surface area contributed by atoms with Crippen molar-refractivity contribution in [1.82, 2.24) is 0 Å². The molecule has 60 valence electrons. The van der Waals surface area contributed by atoms with Crippen molar-refractivity contribution in [3.8, 4) is 0 Å². The predicted molar refractivity (Wildman–Crippen MR) is 53.6 cm³/mol. The van der Waals surface area contributed by atoms with Crippen molar-refractivity contribution < 1.29 is 0 Å². The van der Waals surface area contributed by atoms with E-state index in [0.717, 1.165) is 0 Å². The Morgan fingerprint density at radius 2 is 1.73 bits per heavy atom. The summed E-state index contributed by atoms with van der Waals surface area (Å²) in [5.41, 5.74) is 1.46. The van der Waals surface area contributed by atoms with E-state index in [1.807, 2.05) is 0 Å². The van der Waals surface area contributed by atoms with E-state index in [1.165, 1.54) is 24.8 Å². The molecule has 1 aromatic carbocycles. The van der Waals surface area contributed by atoms with Crippen LogP contribution < -0.4 is 0 Å². The van der Waals surface area contributed by atoms with Crippen LogP contribution in [0.5, 0.6) is 0 Å². The first-order chi connectivity index (χ1) is 4.93. The molecule has 0 nitrogen and oxygen atoms in total. The van der Waals surface area contributed by atoms with Crippen LogP contribution in [0, 0.1) is 0 Å². The fourth-order valence-corrected chi connectivity index (χ4v) is 1.03. The van der Waals surface area contributed by atoms with Crippen molar-refractivity contribution in [1.29, 1.82) is 0 Å². The van der Waals surface area contributed by atoms with Crippen molar-refractivity contribution >= 4 is 27.3 Å². The number of hydrogen-bond acceptors (Lipinski definition) is 0. The number of unbranched alkanes of at least 4 members (excludes halogenated alkanes) is 1. The van der Waals surface area contributed by atoms with Gasteiger partial charge in [-0.05, 0) is 18.4 Å². The minimum absolute atomic E-state index is 0. The van der Waals surface area contributed by atoms with Gasteiger partial charge < -0.3 is 0 Å². The van der Waals surface area contributed by atoms with E-state index >= 15 is 0 Å². The molecule has 0 aliphatic rings. The molecule has 0 aliphatic heterocycles. The van der Waals surface area contributed by atoms with Crippen LogP contribution in [0.1, 0.15) is 25.3 Å². The molecule has 0 fully saturated rings. The molecule has 0 N–H and O–H groups in total. The molecule has 0 amide bonds. The van der Waals surface area contributed by atoms with Crippen LogP contribution in [0.2, 0.25) is 0 Å². The second-order valence-corrected chi connectivity index (χ2v) is 2.59. The van der Waals surface area contributed by atoms with Crippen LogP contribution in [0.25, 0.3) is 0 Å². The maximum absolute atomic E-state index is 2.23. The van der Waals surface area contributed by atoms with Gasteiger partial charge in [0.2, 0.25) is 0 Å². The molecule has 11 heavy (non-hydrogen) atoms. The Labute approximate surface area is 89.2 Å². The summed E-state index contributed by atoms with van der Waals surface area (Å²) in [5.74, 6) is 0. The van der Waals surface area contributed by atoms with E-state index < -0.39 is 0 Å². The summed E-state index contributed by atoms with van der Waals surface area (Å²) in [7, 11) is 0. The van der Waals surface area contributed by atoms with Crippen molar-refractivity contribution in [2.24, 2.45) is 0 Å². The predicted octanol–water partition coefficient (Wildman–Crippen LogP) is 2.11. The van der Waals surface area contributed by atoms with Gasteiger partial charge >= 0.3 is 27.3 Å². The van der Waals surface area contributed by atoms with Crippen molar-refractivity contribution in [2.75, 3.05) is 0 Å². The molecule has 0 atom stereocenters. The molecule has 0 aliphatic carbocycles. The number of benzene rings is 1. The average Bonchev–Trinajstić information content (AvgIpc) is 2.03. The van der Waals surface area contributed by atoms with Crippen molar-refractivity contribution in [3.05, 3.63) is 35.9 Å². The van der Waals surface area contributed by atoms with Gasteiger partial charge in [0.15, 0.2) is 0 Å². The third kappa shape index (κ3) is 4.56. The Morgan fingerprint density at radius 1 is 1.09 bits per heavy atom. The van der Waals surface area contributed by atoms with Crippen LogP contribution in [-0.2, 0) is 6.42 Å². The molecular weight excluding hydrogens is 327 g/mol. The summed E-state index contributed by atoms with van der Waals surface area (Å²) >= 11 is 0. The van der Waals surface area contributed by atoms with Crippen LogP contribution >= 0.6 is 0 Å². The fourth-order valence-electron chi connectivity index (χ4n) is 1.03. The Bertz CT molecular complexity index is 169. The molecule has 2 radical (unpaired) electrons. The van der Waals surface area contributed by atoms with E-state index in [1.54, 1.807) is 0 Å². The normalized spacial score (nSPS) is 8.82. The SMILES string of the molecule is CCCCc1ccccc1.[PbH2].